The van der Waals surface area contributed by atoms with E-state index in [9.17, 15) is 4.79 Å². The predicted octanol–water partition coefficient (Wildman–Crippen LogP) is 0.737. The SMILES string of the molecule is COCCN(C)CCN1CC2(CCN(c3cc(C)nc(N)n3)CC2)OC1=O. The van der Waals surface area contributed by atoms with Gasteiger partial charge in [0.2, 0.25) is 5.95 Å². The number of nitrogens with two attached hydrogens (primary N) is 1. The summed E-state index contributed by atoms with van der Waals surface area (Å²) in [7, 11) is 3.73. The van der Waals surface area contributed by atoms with Crippen molar-refractivity contribution in [3.8, 4) is 0 Å². The molecule has 1 aromatic heterocycles. The fraction of sp³-hybridized carbons (Fsp3) is 0.722. The monoisotopic (exact) mass is 378 g/mol. The summed E-state index contributed by atoms with van der Waals surface area (Å²) >= 11 is 0. The van der Waals surface area contributed by atoms with E-state index >= 15 is 0 Å². The zero-order valence-electron chi connectivity index (χ0n) is 16.5. The van der Waals surface area contributed by atoms with Gasteiger partial charge >= 0.3 is 6.09 Å². The lowest BCUT2D eigenvalue weighted by atomic mass is 9.91. The van der Waals surface area contributed by atoms with Crippen LogP contribution in [-0.4, -0.2) is 91.5 Å². The van der Waals surface area contributed by atoms with Crippen molar-refractivity contribution in [2.75, 3.05) is 70.7 Å². The van der Waals surface area contributed by atoms with Gasteiger partial charge in [-0.3, -0.25) is 0 Å². The molecule has 150 valence electrons. The summed E-state index contributed by atoms with van der Waals surface area (Å²) < 4.78 is 10.9. The quantitative estimate of drug-likeness (QED) is 0.742. The maximum absolute atomic E-state index is 12.3. The Morgan fingerprint density at radius 3 is 2.74 bits per heavy atom. The molecule has 1 aromatic rings. The number of carbonyl (C=O) groups excluding carboxylic acids is 1. The third-order valence-corrected chi connectivity index (χ3v) is 5.33. The van der Waals surface area contributed by atoms with Gasteiger partial charge in [-0.15, -0.1) is 0 Å². The van der Waals surface area contributed by atoms with Gasteiger partial charge in [-0.25, -0.2) is 9.78 Å². The van der Waals surface area contributed by atoms with Crippen molar-refractivity contribution in [1.29, 1.82) is 0 Å². The van der Waals surface area contributed by atoms with Crippen molar-refractivity contribution in [3.05, 3.63) is 11.8 Å². The molecule has 0 radical (unpaired) electrons. The van der Waals surface area contributed by atoms with E-state index in [1.54, 1.807) is 7.11 Å². The number of aromatic nitrogens is 2. The summed E-state index contributed by atoms with van der Waals surface area (Å²) in [6, 6.07) is 1.94. The van der Waals surface area contributed by atoms with Crippen molar-refractivity contribution in [2.24, 2.45) is 0 Å². The molecular formula is C18H30N6O3. The number of methoxy groups -OCH3 is 1. The van der Waals surface area contributed by atoms with Gasteiger partial charge in [-0.05, 0) is 14.0 Å². The number of piperidine rings is 1. The van der Waals surface area contributed by atoms with E-state index in [1.165, 1.54) is 0 Å². The molecule has 1 amide bonds. The van der Waals surface area contributed by atoms with E-state index in [0.717, 1.165) is 50.5 Å². The molecule has 0 atom stereocenters. The van der Waals surface area contributed by atoms with Crippen molar-refractivity contribution in [1.82, 2.24) is 19.8 Å². The smallest absolute Gasteiger partial charge is 0.410 e. The van der Waals surface area contributed by atoms with Crippen LogP contribution in [0.5, 0.6) is 0 Å². The molecule has 2 aliphatic heterocycles. The molecule has 0 aromatic carbocycles. The average molecular weight is 378 g/mol. The average Bonchev–Trinajstić information content (AvgIpc) is 2.93. The molecular weight excluding hydrogens is 348 g/mol. The molecule has 9 nitrogen and oxygen atoms in total. The molecule has 2 N–H and O–H groups in total. The second-order valence-corrected chi connectivity index (χ2v) is 7.48. The van der Waals surface area contributed by atoms with E-state index in [1.807, 2.05) is 24.9 Å². The van der Waals surface area contributed by atoms with Gasteiger partial charge in [0.05, 0.1) is 13.2 Å². The lowest BCUT2D eigenvalue weighted by Gasteiger charge is -2.38. The molecule has 2 saturated heterocycles. The molecule has 3 heterocycles. The number of ether oxygens (including phenoxy) is 2. The minimum absolute atomic E-state index is 0.203. The van der Waals surface area contributed by atoms with Crippen molar-refractivity contribution in [2.45, 2.75) is 25.4 Å². The number of likely N-dealkylation sites (N-methyl/N-ethyl adjacent to an activating group) is 1. The van der Waals surface area contributed by atoms with Crippen LogP contribution in [-0.2, 0) is 9.47 Å². The summed E-state index contributed by atoms with van der Waals surface area (Å²) in [6.45, 7) is 7.15. The topological polar surface area (TPSA) is 97.1 Å². The second-order valence-electron chi connectivity index (χ2n) is 7.48. The van der Waals surface area contributed by atoms with Crippen LogP contribution in [0.25, 0.3) is 0 Å². The number of nitrogen functional groups attached to an aromatic ring is 1. The normalized spacial score (nSPS) is 19.2. The molecule has 0 unspecified atom stereocenters. The Bertz CT molecular complexity index is 642. The Labute approximate surface area is 160 Å². The van der Waals surface area contributed by atoms with Crippen molar-refractivity contribution in [3.63, 3.8) is 0 Å². The van der Waals surface area contributed by atoms with Gasteiger partial charge in [0.25, 0.3) is 0 Å². The Kier molecular flexibility index (Phi) is 6.01. The summed E-state index contributed by atoms with van der Waals surface area (Å²) in [6.07, 6.45) is 1.38. The largest absolute Gasteiger partial charge is 0.441 e. The van der Waals surface area contributed by atoms with Gasteiger partial charge in [-0.2, -0.15) is 4.98 Å². The standard InChI is InChI=1S/C18H30N6O3/c1-14-12-15(21-16(19)20-14)23-6-4-18(5-7-23)13-24(17(25)27-18)9-8-22(2)10-11-26-3/h12H,4-11,13H2,1-3H3,(H2,19,20,21). The van der Waals surface area contributed by atoms with Gasteiger partial charge in [0.15, 0.2) is 0 Å². The molecule has 2 fully saturated rings. The first-order chi connectivity index (χ1) is 12.9. The zero-order valence-corrected chi connectivity index (χ0v) is 16.5. The number of anilines is 2. The Morgan fingerprint density at radius 2 is 2.07 bits per heavy atom. The van der Waals surface area contributed by atoms with Crippen molar-refractivity contribution >= 4 is 17.9 Å². The maximum atomic E-state index is 12.3. The van der Waals surface area contributed by atoms with E-state index in [4.69, 9.17) is 15.2 Å². The lowest BCUT2D eigenvalue weighted by Crippen LogP contribution is -2.47. The summed E-state index contributed by atoms with van der Waals surface area (Å²) in [5.74, 6) is 1.14. The van der Waals surface area contributed by atoms with Crippen LogP contribution in [0.15, 0.2) is 6.07 Å². The number of nitrogens with zero attached hydrogens (tertiary/aromatic N) is 5. The Hall–Kier alpha value is -2.13. The molecule has 3 rings (SSSR count). The van der Waals surface area contributed by atoms with Crippen LogP contribution in [0.2, 0.25) is 0 Å². The molecule has 27 heavy (non-hydrogen) atoms. The first-order valence-electron chi connectivity index (χ1n) is 9.42. The van der Waals surface area contributed by atoms with Crippen LogP contribution in [0.1, 0.15) is 18.5 Å². The van der Waals surface area contributed by atoms with E-state index in [-0.39, 0.29) is 11.7 Å². The van der Waals surface area contributed by atoms with Crippen LogP contribution in [0.4, 0.5) is 16.6 Å². The van der Waals surface area contributed by atoms with Gasteiger partial charge in [0.1, 0.15) is 11.4 Å². The molecule has 9 heteroatoms. The Morgan fingerprint density at radius 1 is 1.33 bits per heavy atom. The van der Waals surface area contributed by atoms with E-state index in [2.05, 4.69) is 19.8 Å². The van der Waals surface area contributed by atoms with Crippen LogP contribution >= 0.6 is 0 Å². The minimum atomic E-state index is -0.383. The minimum Gasteiger partial charge on any atom is -0.441 e. The van der Waals surface area contributed by atoms with E-state index in [0.29, 0.717) is 25.6 Å². The number of rotatable bonds is 7. The highest BCUT2D eigenvalue weighted by Crippen LogP contribution is 2.34. The highest BCUT2D eigenvalue weighted by molar-refractivity contribution is 5.70. The second kappa shape index (κ2) is 8.26. The van der Waals surface area contributed by atoms with E-state index < -0.39 is 0 Å². The molecule has 2 aliphatic rings. The number of carbonyl (C=O) groups is 1. The molecule has 0 saturated carbocycles. The predicted molar refractivity (Wildman–Crippen MR) is 103 cm³/mol. The molecule has 1 spiro atoms. The number of aryl methyl sites for hydroxylation is 1. The number of hydrogen-bond acceptors (Lipinski definition) is 8. The summed E-state index contributed by atoms with van der Waals surface area (Å²) in [5, 5.41) is 0. The summed E-state index contributed by atoms with van der Waals surface area (Å²) in [5.41, 5.74) is 6.24. The maximum Gasteiger partial charge on any atom is 0.410 e. The van der Waals surface area contributed by atoms with Crippen molar-refractivity contribution < 1.29 is 14.3 Å². The van der Waals surface area contributed by atoms with Gasteiger partial charge in [0, 0.05) is 64.4 Å². The zero-order chi connectivity index (χ0) is 19.4. The molecule has 0 bridgehead atoms. The third-order valence-electron chi connectivity index (χ3n) is 5.33. The van der Waals surface area contributed by atoms with Crippen LogP contribution in [0.3, 0.4) is 0 Å². The first-order valence-corrected chi connectivity index (χ1v) is 9.42. The highest BCUT2D eigenvalue weighted by atomic mass is 16.6. The third kappa shape index (κ3) is 4.78. The fourth-order valence-corrected chi connectivity index (χ4v) is 3.66. The molecule has 0 aliphatic carbocycles. The highest BCUT2D eigenvalue weighted by Gasteiger charge is 2.46. The van der Waals surface area contributed by atoms with Crippen LogP contribution in [0, 0.1) is 6.92 Å². The lowest BCUT2D eigenvalue weighted by molar-refractivity contribution is 0.0366. The number of amides is 1. The fourth-order valence-electron chi connectivity index (χ4n) is 3.66. The van der Waals surface area contributed by atoms with Gasteiger partial charge in [-0.1, -0.05) is 0 Å². The Balaban J connectivity index is 1.53. The van der Waals surface area contributed by atoms with Crippen LogP contribution < -0.4 is 10.6 Å². The summed E-state index contributed by atoms with van der Waals surface area (Å²) in [4.78, 5) is 27.0. The number of hydrogen-bond donors (Lipinski definition) is 1. The van der Waals surface area contributed by atoms with Gasteiger partial charge < -0.3 is 29.9 Å². The first kappa shape index (κ1) is 19.6.